The fourth-order valence-corrected chi connectivity index (χ4v) is 3.62. The average molecular weight is 445 g/mol. The van der Waals surface area contributed by atoms with Gasteiger partial charge >= 0.3 is 0 Å². The summed E-state index contributed by atoms with van der Waals surface area (Å²) in [4.78, 5) is 10.7. The number of halogens is 1. The number of primary amides is 1. The molecule has 1 amide bonds. The molecular weight excluding hydrogens is 429 g/mol. The average Bonchev–Trinajstić information content (AvgIpc) is 2.52. The van der Waals surface area contributed by atoms with Crippen LogP contribution in [0.4, 0.5) is 0 Å². The fraction of sp³-hybridized carbons (Fsp3) is 0.188. The van der Waals surface area contributed by atoms with Gasteiger partial charge in [0.1, 0.15) is 0 Å². The molecule has 0 radical (unpaired) electrons. The van der Waals surface area contributed by atoms with Crippen molar-refractivity contribution in [3.8, 4) is 11.1 Å². The molecule has 23 heavy (non-hydrogen) atoms. The van der Waals surface area contributed by atoms with Gasteiger partial charge in [-0.05, 0) is 58.3 Å². The van der Waals surface area contributed by atoms with Crippen LogP contribution < -0.4 is 5.73 Å². The van der Waals surface area contributed by atoms with Crippen molar-refractivity contribution in [3.63, 3.8) is 0 Å². The molecule has 0 bridgehead atoms. The van der Waals surface area contributed by atoms with E-state index in [4.69, 9.17) is 9.92 Å². The molecule has 7 heteroatoms. The molecule has 0 fully saturated rings. The lowest BCUT2D eigenvalue weighted by atomic mass is 10.1. The van der Waals surface area contributed by atoms with Crippen molar-refractivity contribution < 1.29 is 17.4 Å². The van der Waals surface area contributed by atoms with Gasteiger partial charge in [0, 0.05) is 9.99 Å². The highest BCUT2D eigenvalue weighted by atomic mass is 127. The molecule has 5 nitrogen and oxygen atoms in total. The molecule has 2 aromatic carbocycles. The van der Waals surface area contributed by atoms with E-state index in [-0.39, 0.29) is 24.3 Å². The number of rotatable bonds is 7. The summed E-state index contributed by atoms with van der Waals surface area (Å²) in [5, 5.41) is 0. The number of benzene rings is 2. The van der Waals surface area contributed by atoms with Crippen molar-refractivity contribution in [1.29, 1.82) is 0 Å². The predicted octanol–water partition coefficient (Wildman–Crippen LogP) is 2.93. The Morgan fingerprint density at radius 3 is 2.35 bits per heavy atom. The molecule has 0 aliphatic rings. The molecule has 0 aliphatic carbocycles. The van der Waals surface area contributed by atoms with E-state index in [1.165, 1.54) is 12.1 Å². The lowest BCUT2D eigenvalue weighted by Crippen LogP contribution is -2.13. The lowest BCUT2D eigenvalue weighted by molar-refractivity contribution is -0.118. The Labute approximate surface area is 149 Å². The summed E-state index contributed by atoms with van der Waals surface area (Å²) in [5.41, 5.74) is 6.97. The highest BCUT2D eigenvalue weighted by Crippen LogP contribution is 2.26. The Morgan fingerprint density at radius 1 is 1.09 bits per heavy atom. The van der Waals surface area contributed by atoms with E-state index in [0.29, 0.717) is 0 Å². The maximum atomic E-state index is 12.1. The summed E-state index contributed by atoms with van der Waals surface area (Å²) in [7, 11) is -3.82. The molecule has 2 N–H and O–H groups in total. The standard InChI is InChI=1S/C16H16INO4S/c17-15-5-2-1-4-14(15)12-7-9-13(10-8-12)23(20,21)22-11-3-6-16(18)19/h1-2,4-5,7-10H,3,6,11H2,(H2,18,19). The molecule has 122 valence electrons. The normalized spacial score (nSPS) is 11.3. The van der Waals surface area contributed by atoms with E-state index < -0.39 is 16.0 Å². The molecule has 0 aromatic heterocycles. The Kier molecular flexibility index (Phi) is 6.14. The van der Waals surface area contributed by atoms with Crippen LogP contribution in [-0.2, 0) is 19.1 Å². The van der Waals surface area contributed by atoms with E-state index in [1.807, 2.05) is 24.3 Å². The maximum absolute atomic E-state index is 12.1. The highest BCUT2D eigenvalue weighted by Gasteiger charge is 2.15. The number of amides is 1. The van der Waals surface area contributed by atoms with E-state index in [1.54, 1.807) is 12.1 Å². The maximum Gasteiger partial charge on any atom is 0.296 e. The first-order valence-corrected chi connectivity index (χ1v) is 9.41. The van der Waals surface area contributed by atoms with Crippen LogP contribution >= 0.6 is 22.6 Å². The summed E-state index contributed by atoms with van der Waals surface area (Å²) in [6, 6.07) is 14.4. The van der Waals surface area contributed by atoms with Crippen molar-refractivity contribution in [2.75, 3.05) is 6.61 Å². The summed E-state index contributed by atoms with van der Waals surface area (Å²) in [5.74, 6) is -0.479. The number of carbonyl (C=O) groups excluding carboxylic acids is 1. The highest BCUT2D eigenvalue weighted by molar-refractivity contribution is 14.1. The second-order valence-corrected chi connectivity index (χ2v) is 7.63. The molecule has 0 atom stereocenters. The third-order valence-corrected chi connectivity index (χ3v) is 5.40. The minimum absolute atomic E-state index is 0.0659. The molecule has 2 aromatic rings. The van der Waals surface area contributed by atoms with Gasteiger partial charge < -0.3 is 5.73 Å². The topological polar surface area (TPSA) is 86.5 Å². The van der Waals surface area contributed by atoms with Crippen molar-refractivity contribution in [2.45, 2.75) is 17.7 Å². The Bertz CT molecular complexity index is 788. The fourth-order valence-electron chi connectivity index (χ4n) is 1.98. The van der Waals surface area contributed by atoms with Crippen molar-refractivity contribution in [3.05, 3.63) is 52.1 Å². The molecule has 2 rings (SSSR count). The van der Waals surface area contributed by atoms with Crippen LogP contribution in [-0.4, -0.2) is 20.9 Å². The number of hydrogen-bond acceptors (Lipinski definition) is 4. The lowest BCUT2D eigenvalue weighted by Gasteiger charge is -2.08. The van der Waals surface area contributed by atoms with Crippen LogP contribution in [0.2, 0.25) is 0 Å². The van der Waals surface area contributed by atoms with Crippen LogP contribution in [0.25, 0.3) is 11.1 Å². The second-order valence-electron chi connectivity index (χ2n) is 4.85. The Morgan fingerprint density at radius 2 is 1.74 bits per heavy atom. The van der Waals surface area contributed by atoms with Crippen LogP contribution in [0.1, 0.15) is 12.8 Å². The summed E-state index contributed by atoms with van der Waals surface area (Å²) in [6.45, 7) is -0.0659. The number of nitrogens with two attached hydrogens (primary N) is 1. The van der Waals surface area contributed by atoms with Crippen LogP contribution in [0.5, 0.6) is 0 Å². The smallest absolute Gasteiger partial charge is 0.296 e. The summed E-state index contributed by atoms with van der Waals surface area (Å²) >= 11 is 2.24. The van der Waals surface area contributed by atoms with Crippen molar-refractivity contribution >= 4 is 38.6 Å². The molecule has 0 aliphatic heterocycles. The zero-order valence-electron chi connectivity index (χ0n) is 12.2. The minimum atomic E-state index is -3.82. The molecule has 0 saturated heterocycles. The van der Waals surface area contributed by atoms with Gasteiger partial charge in [-0.2, -0.15) is 8.42 Å². The SMILES string of the molecule is NC(=O)CCCOS(=O)(=O)c1ccc(-c2ccccc2I)cc1. The van der Waals surface area contributed by atoms with Crippen molar-refractivity contribution in [2.24, 2.45) is 5.73 Å². The quantitative estimate of drug-likeness (QED) is 0.404. The number of carbonyl (C=O) groups is 1. The monoisotopic (exact) mass is 445 g/mol. The van der Waals surface area contributed by atoms with Gasteiger partial charge in [-0.25, -0.2) is 0 Å². The summed E-state index contributed by atoms with van der Waals surface area (Å²) < 4.78 is 30.1. The van der Waals surface area contributed by atoms with E-state index in [0.717, 1.165) is 14.7 Å². The first-order valence-electron chi connectivity index (χ1n) is 6.93. The second kappa shape index (κ2) is 7.89. The van der Waals surface area contributed by atoms with E-state index >= 15 is 0 Å². The van der Waals surface area contributed by atoms with Gasteiger partial charge in [-0.15, -0.1) is 0 Å². The largest absolute Gasteiger partial charge is 0.370 e. The zero-order valence-corrected chi connectivity index (χ0v) is 15.2. The molecule has 0 spiro atoms. The molecular formula is C16H16INO4S. The van der Waals surface area contributed by atoms with Gasteiger partial charge in [0.25, 0.3) is 10.1 Å². The first-order chi connectivity index (χ1) is 10.9. The number of hydrogen-bond donors (Lipinski definition) is 1. The van der Waals surface area contributed by atoms with E-state index in [2.05, 4.69) is 22.6 Å². The van der Waals surface area contributed by atoms with Crippen molar-refractivity contribution in [1.82, 2.24) is 0 Å². The Balaban J connectivity index is 2.09. The predicted molar refractivity (Wildman–Crippen MR) is 96.2 cm³/mol. The van der Waals surface area contributed by atoms with Gasteiger partial charge in [0.15, 0.2) is 0 Å². The molecule has 0 unspecified atom stereocenters. The van der Waals surface area contributed by atoms with Gasteiger partial charge in [0.05, 0.1) is 11.5 Å². The van der Waals surface area contributed by atoms with Gasteiger partial charge in [-0.1, -0.05) is 30.3 Å². The van der Waals surface area contributed by atoms with E-state index in [9.17, 15) is 13.2 Å². The Hall–Kier alpha value is -1.45. The van der Waals surface area contributed by atoms with Crippen LogP contribution in [0.3, 0.4) is 0 Å². The van der Waals surface area contributed by atoms with Crippen LogP contribution in [0.15, 0.2) is 53.4 Å². The zero-order chi connectivity index (χ0) is 16.9. The van der Waals surface area contributed by atoms with Gasteiger partial charge in [-0.3, -0.25) is 8.98 Å². The van der Waals surface area contributed by atoms with Gasteiger partial charge in [0.2, 0.25) is 5.91 Å². The minimum Gasteiger partial charge on any atom is -0.370 e. The molecule has 0 heterocycles. The third kappa shape index (κ3) is 5.02. The molecule has 0 saturated carbocycles. The first kappa shape index (κ1) is 17.9. The third-order valence-electron chi connectivity index (χ3n) is 3.13. The summed E-state index contributed by atoms with van der Waals surface area (Å²) in [6.07, 6.45) is 0.371. The van der Waals surface area contributed by atoms with Crippen LogP contribution in [0, 0.1) is 3.57 Å².